The first-order chi connectivity index (χ1) is 22.0. The van der Waals surface area contributed by atoms with Crippen LogP contribution in [0, 0.1) is 5.82 Å². The van der Waals surface area contributed by atoms with Gasteiger partial charge < -0.3 is 14.4 Å². The number of carbonyl (C=O) groups is 1. The molecule has 2 heterocycles. The number of nitrogens with one attached hydrogen (secondary N) is 1. The highest BCUT2D eigenvalue weighted by molar-refractivity contribution is 9.11. The second-order valence-corrected chi connectivity index (χ2v) is 12.8. The molecular formula is C30H32BrFN3O10P. The van der Waals surface area contributed by atoms with Crippen molar-refractivity contribution in [3.8, 4) is 0 Å². The Kier molecular flexibility index (Phi) is 10.7. The van der Waals surface area contributed by atoms with Crippen LogP contribution in [0.4, 0.5) is 10.1 Å². The molecule has 0 amide bonds. The number of aliphatic hydroxyl groups is 1. The zero-order chi connectivity index (χ0) is 32.9. The van der Waals surface area contributed by atoms with Gasteiger partial charge in [0.25, 0.3) is 5.56 Å². The van der Waals surface area contributed by atoms with Gasteiger partial charge in [0, 0.05) is 12.6 Å². The standard InChI is InChI=1S/C30H32BrFN3O10P/c31-15-12-21-17-34(29(39)33-27(21)37)26-16-24(36)25(44-26)19-43-46(40,41)45-28(38)30(13-4-5-14-30)35(23-10-8-22(32)9-11-23)42-18-20-6-2-1-3-7-20/h1-3,6-12,15,17,24-26,36H,4-5,13-14,16,18-19H2,(H,40,41)(H,33,37,39)/b15-12+/t24-,25+,26+/m0/s1. The lowest BCUT2D eigenvalue weighted by Gasteiger charge is -2.39. The predicted molar refractivity (Wildman–Crippen MR) is 167 cm³/mol. The maximum atomic E-state index is 13.8. The molecule has 3 aromatic rings. The number of anilines is 1. The van der Waals surface area contributed by atoms with Crippen LogP contribution in [0.25, 0.3) is 6.08 Å². The SMILES string of the molecule is O=C(OP(=O)(O)OC[C@H]1O[C@@H](n2cc(/C=C/Br)c(=O)[nH]c2=O)C[C@@H]1O)C1(N(OCc2ccccc2)c2ccc(F)cc2)CCCC1. The van der Waals surface area contributed by atoms with Gasteiger partial charge in [-0.2, -0.15) is 0 Å². The lowest BCUT2D eigenvalue weighted by molar-refractivity contribution is -0.146. The fraction of sp³-hybridized carbons (Fsp3) is 0.367. The molecule has 1 aromatic heterocycles. The molecule has 0 radical (unpaired) electrons. The van der Waals surface area contributed by atoms with Crippen molar-refractivity contribution in [1.82, 2.24) is 9.55 Å². The van der Waals surface area contributed by atoms with E-state index < -0.39 is 61.4 Å². The van der Waals surface area contributed by atoms with Crippen LogP contribution in [0.3, 0.4) is 0 Å². The molecule has 2 fully saturated rings. The number of aromatic nitrogens is 2. The number of phosphoric ester groups is 1. The molecule has 5 rings (SSSR count). The van der Waals surface area contributed by atoms with Crippen molar-refractivity contribution in [3.05, 3.63) is 104 Å². The van der Waals surface area contributed by atoms with Gasteiger partial charge in [-0.3, -0.25) is 28.6 Å². The summed E-state index contributed by atoms with van der Waals surface area (Å²) < 4.78 is 43.8. The number of hydroxylamine groups is 1. The molecule has 1 unspecified atom stereocenters. The van der Waals surface area contributed by atoms with E-state index in [1.807, 2.05) is 30.3 Å². The normalized spacial score (nSPS) is 22.1. The van der Waals surface area contributed by atoms with Crippen LogP contribution in [-0.4, -0.2) is 49.9 Å². The quantitative estimate of drug-likeness (QED) is 0.180. The van der Waals surface area contributed by atoms with Crippen molar-refractivity contribution >= 4 is 41.5 Å². The van der Waals surface area contributed by atoms with Crippen molar-refractivity contribution < 1.29 is 42.4 Å². The highest BCUT2D eigenvalue weighted by Crippen LogP contribution is 2.49. The second kappa shape index (κ2) is 14.6. The summed E-state index contributed by atoms with van der Waals surface area (Å²) in [5, 5.41) is 11.9. The molecule has 1 saturated heterocycles. The summed E-state index contributed by atoms with van der Waals surface area (Å²) in [5.74, 6) is -1.57. The monoisotopic (exact) mass is 723 g/mol. The number of aliphatic hydroxyl groups excluding tert-OH is 1. The molecule has 4 atom stereocenters. The molecule has 2 aromatic carbocycles. The lowest BCUT2D eigenvalue weighted by Crippen LogP contribution is -2.53. The molecule has 16 heteroatoms. The first kappa shape index (κ1) is 33.9. The van der Waals surface area contributed by atoms with Crippen LogP contribution in [0.5, 0.6) is 0 Å². The zero-order valence-corrected chi connectivity index (χ0v) is 26.8. The molecule has 3 N–H and O–H groups in total. The topological polar surface area (TPSA) is 170 Å². The van der Waals surface area contributed by atoms with Crippen LogP contribution in [0.15, 0.2) is 75.4 Å². The number of ether oxygens (including phenoxy) is 1. The van der Waals surface area contributed by atoms with Crippen LogP contribution in [0.1, 0.15) is 49.5 Å². The molecule has 246 valence electrons. The van der Waals surface area contributed by atoms with Crippen LogP contribution in [-0.2, 0) is 34.6 Å². The number of H-pyrrole nitrogens is 1. The van der Waals surface area contributed by atoms with E-state index in [0.717, 1.165) is 10.1 Å². The fourth-order valence-corrected chi connectivity index (χ4v) is 6.56. The largest absolute Gasteiger partial charge is 0.529 e. The average Bonchev–Trinajstić information content (AvgIpc) is 3.67. The minimum absolute atomic E-state index is 0.0465. The van der Waals surface area contributed by atoms with Crippen LogP contribution in [0.2, 0.25) is 0 Å². The van der Waals surface area contributed by atoms with E-state index in [1.54, 1.807) is 0 Å². The van der Waals surface area contributed by atoms with Crippen LogP contribution >= 0.6 is 23.8 Å². The van der Waals surface area contributed by atoms with Gasteiger partial charge >= 0.3 is 19.5 Å². The first-order valence-electron chi connectivity index (χ1n) is 14.4. The van der Waals surface area contributed by atoms with E-state index >= 15 is 0 Å². The Morgan fingerprint density at radius 1 is 1.17 bits per heavy atom. The molecule has 0 bridgehead atoms. The third-order valence-electron chi connectivity index (χ3n) is 7.82. The summed E-state index contributed by atoms with van der Waals surface area (Å²) in [6, 6.07) is 14.4. The number of aromatic amines is 1. The van der Waals surface area contributed by atoms with Gasteiger partial charge in [-0.1, -0.05) is 59.1 Å². The Hall–Kier alpha value is -3.43. The van der Waals surface area contributed by atoms with E-state index in [1.165, 1.54) is 46.6 Å². The smallest absolute Gasteiger partial charge is 0.390 e. The summed E-state index contributed by atoms with van der Waals surface area (Å²) in [5.41, 5.74) is -1.66. The lowest BCUT2D eigenvalue weighted by atomic mass is 9.96. The van der Waals surface area contributed by atoms with Crippen molar-refractivity contribution in [3.63, 3.8) is 0 Å². The van der Waals surface area contributed by atoms with Crippen molar-refractivity contribution in [1.29, 1.82) is 0 Å². The third-order valence-corrected chi connectivity index (χ3v) is 8.95. The van der Waals surface area contributed by atoms with Crippen molar-refractivity contribution in [2.24, 2.45) is 0 Å². The number of rotatable bonds is 12. The Bertz CT molecular complexity index is 1710. The summed E-state index contributed by atoms with van der Waals surface area (Å²) in [6.07, 6.45) is 0.737. The number of benzene rings is 2. The molecule has 13 nitrogen and oxygen atoms in total. The van der Waals surface area contributed by atoms with Gasteiger partial charge in [-0.25, -0.2) is 23.6 Å². The highest BCUT2D eigenvalue weighted by atomic mass is 79.9. The minimum atomic E-state index is -5.08. The predicted octanol–water partition coefficient (Wildman–Crippen LogP) is 4.30. The van der Waals surface area contributed by atoms with E-state index in [0.29, 0.717) is 18.5 Å². The van der Waals surface area contributed by atoms with E-state index in [4.69, 9.17) is 18.6 Å². The number of hydrogen-bond donors (Lipinski definition) is 3. The molecule has 1 aliphatic heterocycles. The van der Waals surface area contributed by atoms with Gasteiger partial charge in [0.15, 0.2) is 5.54 Å². The second-order valence-electron chi connectivity index (χ2n) is 10.9. The van der Waals surface area contributed by atoms with E-state index in [9.17, 15) is 33.3 Å². The van der Waals surface area contributed by atoms with Gasteiger partial charge in [0.1, 0.15) is 18.1 Å². The molecule has 0 spiro atoms. The molecule has 2 aliphatic rings. The summed E-state index contributed by atoms with van der Waals surface area (Å²) in [7, 11) is -5.08. The number of halogens is 2. The first-order valence-corrected chi connectivity index (χ1v) is 16.8. The van der Waals surface area contributed by atoms with Gasteiger partial charge in [0.05, 0.1) is 30.6 Å². The number of phosphoric acid groups is 1. The summed E-state index contributed by atoms with van der Waals surface area (Å²) in [6.45, 7) is -0.616. The van der Waals surface area contributed by atoms with Gasteiger partial charge in [-0.05, 0) is 53.7 Å². The van der Waals surface area contributed by atoms with Crippen LogP contribution < -0.4 is 16.3 Å². The molecular weight excluding hydrogens is 692 g/mol. The van der Waals surface area contributed by atoms with Crippen molar-refractivity contribution in [2.75, 3.05) is 11.7 Å². The van der Waals surface area contributed by atoms with E-state index in [2.05, 4.69) is 20.9 Å². The Balaban J connectivity index is 1.29. The third kappa shape index (κ3) is 7.74. The maximum Gasteiger partial charge on any atom is 0.529 e. The average molecular weight is 724 g/mol. The van der Waals surface area contributed by atoms with Gasteiger partial charge in [0.2, 0.25) is 0 Å². The highest BCUT2D eigenvalue weighted by Gasteiger charge is 2.52. The fourth-order valence-electron chi connectivity index (χ4n) is 5.51. The number of nitrogens with zero attached hydrogens (tertiary/aromatic N) is 2. The molecule has 1 saturated carbocycles. The Labute approximate surface area is 270 Å². The number of carbonyl (C=O) groups excluding carboxylic acids is 1. The zero-order valence-electron chi connectivity index (χ0n) is 24.4. The Morgan fingerprint density at radius 3 is 2.54 bits per heavy atom. The molecule has 46 heavy (non-hydrogen) atoms. The Morgan fingerprint density at radius 2 is 1.87 bits per heavy atom. The summed E-state index contributed by atoms with van der Waals surface area (Å²) in [4.78, 5) is 58.4. The summed E-state index contributed by atoms with van der Waals surface area (Å²) >= 11 is 3.07. The molecule has 1 aliphatic carbocycles. The van der Waals surface area contributed by atoms with Gasteiger partial charge in [-0.15, -0.1) is 0 Å². The van der Waals surface area contributed by atoms with Crippen molar-refractivity contribution in [2.45, 2.75) is 62.7 Å². The maximum absolute atomic E-state index is 13.8. The number of hydrogen-bond acceptors (Lipinski definition) is 10. The minimum Gasteiger partial charge on any atom is -0.390 e. The van der Waals surface area contributed by atoms with E-state index in [-0.39, 0.29) is 31.4 Å².